The Morgan fingerprint density at radius 1 is 1.24 bits per heavy atom. The summed E-state index contributed by atoms with van der Waals surface area (Å²) in [5, 5.41) is 18.5. The minimum Gasteiger partial charge on any atom is -0.497 e. The van der Waals surface area contributed by atoms with E-state index < -0.39 is 5.97 Å². The summed E-state index contributed by atoms with van der Waals surface area (Å²) in [6.45, 7) is 2.49. The minimum absolute atomic E-state index is 0.0765. The highest BCUT2D eigenvalue weighted by Crippen LogP contribution is 2.33. The molecule has 1 aromatic carbocycles. The maximum atomic E-state index is 11.7. The molecule has 0 spiro atoms. The third-order valence-corrected chi connectivity index (χ3v) is 5.50. The van der Waals surface area contributed by atoms with Crippen molar-refractivity contribution in [2.75, 3.05) is 14.2 Å². The van der Waals surface area contributed by atoms with Gasteiger partial charge in [-0.2, -0.15) is 0 Å². The molecule has 8 nitrogen and oxygen atoms in total. The van der Waals surface area contributed by atoms with E-state index in [0.29, 0.717) is 38.6 Å². The number of halogens is 1. The van der Waals surface area contributed by atoms with Crippen LogP contribution < -0.4 is 9.47 Å². The normalized spacial score (nSPS) is 11.5. The van der Waals surface area contributed by atoms with E-state index in [1.54, 1.807) is 32.4 Å². The van der Waals surface area contributed by atoms with Gasteiger partial charge in [-0.1, -0.05) is 0 Å². The van der Waals surface area contributed by atoms with Crippen LogP contribution >= 0.6 is 34.4 Å². The Hall–Kier alpha value is -2.47. The van der Waals surface area contributed by atoms with Crippen LogP contribution in [0.25, 0.3) is 17.5 Å². The molecule has 0 atom stereocenters. The van der Waals surface area contributed by atoms with Crippen molar-refractivity contribution in [1.82, 2.24) is 14.8 Å². The molecule has 0 amide bonds. The number of benzene rings is 1. The highest BCUT2D eigenvalue weighted by atomic mass is 127. The molecule has 0 bridgehead atoms. The molecule has 0 aliphatic rings. The maximum absolute atomic E-state index is 11.7. The molecular weight excluding hydrogens is 509 g/mol. The minimum atomic E-state index is -1.07. The van der Waals surface area contributed by atoms with Gasteiger partial charge in [-0.15, -0.1) is 10.2 Å². The molecule has 0 fully saturated rings. The summed E-state index contributed by atoms with van der Waals surface area (Å²) >= 11 is 3.04. The second kappa shape index (κ2) is 9.35. The van der Waals surface area contributed by atoms with Gasteiger partial charge in [0.15, 0.2) is 14.7 Å². The molecule has 0 unspecified atom stereocenters. The zero-order chi connectivity index (χ0) is 21.0. The molecule has 2 heterocycles. The number of aromatic nitrogens is 3. The molecule has 1 N–H and O–H groups in total. The molecule has 29 heavy (non-hydrogen) atoms. The van der Waals surface area contributed by atoms with Gasteiger partial charge < -0.3 is 23.6 Å². The highest BCUT2D eigenvalue weighted by Gasteiger charge is 2.19. The van der Waals surface area contributed by atoms with Crippen molar-refractivity contribution in [3.05, 3.63) is 44.8 Å². The lowest BCUT2D eigenvalue weighted by Gasteiger charge is -2.10. The number of thioether (sulfide) groups is 1. The van der Waals surface area contributed by atoms with Gasteiger partial charge in [-0.3, -0.25) is 0 Å². The fraction of sp³-hybridized carbons (Fsp3) is 0.211. The monoisotopic (exact) mass is 527 g/mol. The Bertz CT molecular complexity index is 1040. The van der Waals surface area contributed by atoms with Crippen LogP contribution in [-0.4, -0.2) is 40.1 Å². The summed E-state index contributed by atoms with van der Waals surface area (Å²) < 4.78 is 18.6. The summed E-state index contributed by atoms with van der Waals surface area (Å²) in [6, 6.07) is 8.89. The molecule has 0 aliphatic carbocycles. The van der Waals surface area contributed by atoms with E-state index in [2.05, 4.69) is 10.2 Å². The van der Waals surface area contributed by atoms with Crippen molar-refractivity contribution in [1.29, 1.82) is 0 Å². The molecule has 3 rings (SSSR count). The third kappa shape index (κ3) is 4.93. The number of carbonyl (C=O) groups is 1. The third-order valence-electron chi connectivity index (χ3n) is 3.92. The smallest absolute Gasteiger partial charge is 0.342 e. The summed E-state index contributed by atoms with van der Waals surface area (Å²) in [5.74, 6) is 1.22. The first-order valence-electron chi connectivity index (χ1n) is 8.50. The van der Waals surface area contributed by atoms with Gasteiger partial charge in [0.1, 0.15) is 22.2 Å². The highest BCUT2D eigenvalue weighted by molar-refractivity contribution is 14.1. The van der Waals surface area contributed by atoms with Gasteiger partial charge >= 0.3 is 5.97 Å². The summed E-state index contributed by atoms with van der Waals surface area (Å²) in [7, 11) is 3.15. The van der Waals surface area contributed by atoms with Gasteiger partial charge in [0.2, 0.25) is 0 Å². The van der Waals surface area contributed by atoms with E-state index in [4.69, 9.17) is 13.9 Å². The van der Waals surface area contributed by atoms with E-state index in [1.165, 1.54) is 6.08 Å². The second-order valence-electron chi connectivity index (χ2n) is 5.71. The van der Waals surface area contributed by atoms with Crippen LogP contribution in [0.4, 0.5) is 0 Å². The number of hydrogen-bond acceptors (Lipinski definition) is 7. The summed E-state index contributed by atoms with van der Waals surface area (Å²) in [5.41, 5.74) is 0.754. The first-order valence-corrected chi connectivity index (χ1v) is 10.4. The van der Waals surface area contributed by atoms with Crippen LogP contribution in [-0.2, 0) is 11.3 Å². The van der Waals surface area contributed by atoms with Crippen molar-refractivity contribution >= 4 is 46.4 Å². The summed E-state index contributed by atoms with van der Waals surface area (Å²) in [4.78, 5) is 11.8. The van der Waals surface area contributed by atoms with Crippen molar-refractivity contribution < 1.29 is 23.8 Å². The molecular formula is C19H18IN3O5S. The zero-order valence-corrected chi connectivity index (χ0v) is 18.9. The van der Waals surface area contributed by atoms with Crippen LogP contribution in [0.5, 0.6) is 11.5 Å². The number of furan rings is 1. The first kappa shape index (κ1) is 21.2. The standard InChI is InChI=1S/C19H18IN3O5S/c1-4-23-17(11-7-13(26-2)9-14(8-11)27-3)21-22-19(23)29-15(18(24)25)10-12-5-6-16(20)28-12/h5-10H,4H2,1-3H3,(H,24,25)/b15-10-. The average Bonchev–Trinajstić information content (AvgIpc) is 3.32. The van der Waals surface area contributed by atoms with E-state index >= 15 is 0 Å². The molecule has 2 aromatic heterocycles. The van der Waals surface area contributed by atoms with Crippen LogP contribution in [0.3, 0.4) is 0 Å². The fourth-order valence-electron chi connectivity index (χ4n) is 2.57. The Morgan fingerprint density at radius 3 is 2.45 bits per heavy atom. The number of carboxylic acid groups (broad SMARTS) is 1. The van der Waals surface area contributed by atoms with Crippen molar-refractivity contribution in [3.8, 4) is 22.9 Å². The van der Waals surface area contributed by atoms with E-state index in [9.17, 15) is 9.90 Å². The lowest BCUT2D eigenvalue weighted by molar-refractivity contribution is -0.131. The van der Waals surface area contributed by atoms with E-state index in [-0.39, 0.29) is 4.91 Å². The molecule has 0 aliphatic heterocycles. The van der Waals surface area contributed by atoms with Crippen LogP contribution in [0.2, 0.25) is 0 Å². The quantitative estimate of drug-likeness (QED) is 0.262. The Morgan fingerprint density at radius 2 is 1.93 bits per heavy atom. The molecule has 0 saturated heterocycles. The predicted molar refractivity (Wildman–Crippen MR) is 117 cm³/mol. The van der Waals surface area contributed by atoms with Crippen LogP contribution in [0, 0.1) is 3.77 Å². The van der Waals surface area contributed by atoms with E-state index in [1.807, 2.05) is 46.2 Å². The number of aliphatic carboxylic acids is 1. The molecule has 152 valence electrons. The summed E-state index contributed by atoms with van der Waals surface area (Å²) in [6.07, 6.45) is 1.47. The van der Waals surface area contributed by atoms with Crippen molar-refractivity contribution in [2.45, 2.75) is 18.6 Å². The molecule has 0 radical (unpaired) electrons. The van der Waals surface area contributed by atoms with Crippen LogP contribution in [0.15, 0.2) is 44.8 Å². The largest absolute Gasteiger partial charge is 0.497 e. The average molecular weight is 527 g/mol. The first-order chi connectivity index (χ1) is 13.9. The van der Waals surface area contributed by atoms with Gasteiger partial charge in [-0.05, 0) is 65.5 Å². The number of ether oxygens (including phenoxy) is 2. The van der Waals surface area contributed by atoms with Gasteiger partial charge in [-0.25, -0.2) is 4.79 Å². The lowest BCUT2D eigenvalue weighted by Crippen LogP contribution is -2.03. The van der Waals surface area contributed by atoms with Gasteiger partial charge in [0.05, 0.1) is 14.2 Å². The molecule has 10 heteroatoms. The Balaban J connectivity index is 1.99. The lowest BCUT2D eigenvalue weighted by atomic mass is 10.2. The number of carboxylic acids is 1. The fourth-order valence-corrected chi connectivity index (χ4v) is 3.87. The van der Waals surface area contributed by atoms with Gasteiger partial charge in [0.25, 0.3) is 0 Å². The van der Waals surface area contributed by atoms with Crippen LogP contribution in [0.1, 0.15) is 12.7 Å². The van der Waals surface area contributed by atoms with Crippen molar-refractivity contribution in [3.63, 3.8) is 0 Å². The topological polar surface area (TPSA) is 99.6 Å². The predicted octanol–water partition coefficient (Wildman–Crippen LogP) is 4.40. The molecule has 0 saturated carbocycles. The zero-order valence-electron chi connectivity index (χ0n) is 15.9. The number of nitrogens with zero attached hydrogens (tertiary/aromatic N) is 3. The molecule has 3 aromatic rings. The SMILES string of the molecule is CCn1c(S/C(=C\c2ccc(I)o2)C(=O)O)nnc1-c1cc(OC)cc(OC)c1. The van der Waals surface area contributed by atoms with E-state index in [0.717, 1.165) is 17.3 Å². The maximum Gasteiger partial charge on any atom is 0.342 e. The second-order valence-corrected chi connectivity index (χ2v) is 7.78. The Kier molecular flexibility index (Phi) is 6.85. The number of rotatable bonds is 8. The van der Waals surface area contributed by atoms with Crippen molar-refractivity contribution in [2.24, 2.45) is 0 Å². The number of methoxy groups -OCH3 is 2. The van der Waals surface area contributed by atoms with Gasteiger partial charge in [0, 0.05) is 24.3 Å². The number of hydrogen-bond donors (Lipinski definition) is 1. The Labute approximate surface area is 185 Å².